The number of rotatable bonds is 4. The van der Waals surface area contributed by atoms with Gasteiger partial charge in [0.25, 0.3) is 0 Å². The zero-order valence-electron chi connectivity index (χ0n) is 15.5. The number of likely N-dealkylation sites (N-methyl/N-ethyl adjacent to an activating group) is 1. The number of hydrogen-bond donors (Lipinski definition) is 1. The van der Waals surface area contributed by atoms with Gasteiger partial charge in [-0.25, -0.2) is 14.4 Å². The number of halogens is 1. The molecule has 1 aromatic heterocycles. The van der Waals surface area contributed by atoms with E-state index in [1.165, 1.54) is 6.07 Å². The van der Waals surface area contributed by atoms with Crippen LogP contribution in [0.5, 0.6) is 5.75 Å². The Bertz CT molecular complexity index is 875. The summed E-state index contributed by atoms with van der Waals surface area (Å²) in [7, 11) is 1.83. The molecule has 1 spiro atoms. The predicted octanol–water partition coefficient (Wildman–Crippen LogP) is 2.71. The quantitative estimate of drug-likeness (QED) is 0.896. The zero-order valence-corrected chi connectivity index (χ0v) is 15.5. The standard InChI is InChI=1S/C20H23FN4O2/c1-3-27-13-4-5-15(21)14(12-13)16-7-10-22-18(23-16)17-6-8-20(24-17)9-11-25(2)19(20)26/h4-5,7,10,12,17,24H,3,6,8-9,11H2,1-2H3/t17-,20+/m1/s1. The van der Waals surface area contributed by atoms with Crippen LogP contribution in [0.25, 0.3) is 11.3 Å². The van der Waals surface area contributed by atoms with Crippen molar-refractivity contribution in [1.82, 2.24) is 20.2 Å². The minimum absolute atomic E-state index is 0.112. The predicted molar refractivity (Wildman–Crippen MR) is 98.7 cm³/mol. The van der Waals surface area contributed by atoms with Crippen molar-refractivity contribution in [2.45, 2.75) is 37.8 Å². The van der Waals surface area contributed by atoms with Gasteiger partial charge in [-0.05, 0) is 50.5 Å². The Balaban J connectivity index is 1.61. The highest BCUT2D eigenvalue weighted by molar-refractivity contribution is 5.88. The molecule has 1 amide bonds. The van der Waals surface area contributed by atoms with Crippen molar-refractivity contribution in [3.63, 3.8) is 0 Å². The highest BCUT2D eigenvalue weighted by Crippen LogP contribution is 2.38. The number of carbonyl (C=O) groups is 1. The molecular formula is C20H23FN4O2. The molecule has 3 heterocycles. The highest BCUT2D eigenvalue weighted by Gasteiger charge is 2.50. The lowest BCUT2D eigenvalue weighted by Crippen LogP contribution is -2.47. The smallest absolute Gasteiger partial charge is 0.242 e. The number of hydrogen-bond acceptors (Lipinski definition) is 5. The van der Waals surface area contributed by atoms with Gasteiger partial charge in [0.15, 0.2) is 0 Å². The molecule has 0 bridgehead atoms. The second-order valence-corrected chi connectivity index (χ2v) is 7.17. The molecule has 2 aliphatic rings. The van der Waals surface area contributed by atoms with Gasteiger partial charge in [-0.2, -0.15) is 0 Å². The van der Waals surface area contributed by atoms with E-state index in [4.69, 9.17) is 4.74 Å². The Morgan fingerprint density at radius 2 is 2.22 bits per heavy atom. The van der Waals surface area contributed by atoms with E-state index in [0.29, 0.717) is 29.4 Å². The Morgan fingerprint density at radius 1 is 1.37 bits per heavy atom. The van der Waals surface area contributed by atoms with Crippen molar-refractivity contribution in [1.29, 1.82) is 0 Å². The van der Waals surface area contributed by atoms with Crippen molar-refractivity contribution in [2.75, 3.05) is 20.2 Å². The van der Waals surface area contributed by atoms with Gasteiger partial charge in [0.05, 0.1) is 18.3 Å². The average Bonchev–Trinajstić information content (AvgIpc) is 3.24. The highest BCUT2D eigenvalue weighted by atomic mass is 19.1. The Hall–Kier alpha value is -2.54. The van der Waals surface area contributed by atoms with Crippen LogP contribution in [0, 0.1) is 5.82 Å². The molecule has 4 rings (SSSR count). The maximum absolute atomic E-state index is 14.4. The molecule has 2 aliphatic heterocycles. The number of nitrogens with zero attached hydrogens (tertiary/aromatic N) is 3. The van der Waals surface area contributed by atoms with Gasteiger partial charge < -0.3 is 9.64 Å². The summed E-state index contributed by atoms with van der Waals surface area (Å²) < 4.78 is 19.8. The van der Waals surface area contributed by atoms with Crippen molar-refractivity contribution < 1.29 is 13.9 Å². The van der Waals surface area contributed by atoms with Crippen molar-refractivity contribution in [2.24, 2.45) is 0 Å². The zero-order chi connectivity index (χ0) is 19.0. The number of benzene rings is 1. The molecular weight excluding hydrogens is 347 g/mol. The van der Waals surface area contributed by atoms with Crippen LogP contribution >= 0.6 is 0 Å². The maximum Gasteiger partial charge on any atom is 0.242 e. The van der Waals surface area contributed by atoms with Gasteiger partial charge in [-0.15, -0.1) is 0 Å². The van der Waals surface area contributed by atoms with Crippen LogP contribution < -0.4 is 10.1 Å². The summed E-state index contributed by atoms with van der Waals surface area (Å²) in [4.78, 5) is 23.2. The summed E-state index contributed by atoms with van der Waals surface area (Å²) in [5.41, 5.74) is 0.393. The van der Waals surface area contributed by atoms with Gasteiger partial charge >= 0.3 is 0 Å². The van der Waals surface area contributed by atoms with E-state index in [1.807, 2.05) is 14.0 Å². The summed E-state index contributed by atoms with van der Waals surface area (Å²) >= 11 is 0. The second kappa shape index (κ2) is 6.88. The number of ether oxygens (including phenoxy) is 1. The first-order chi connectivity index (χ1) is 13.0. The number of carbonyl (C=O) groups excluding carboxylic acids is 1. The van der Waals surface area contributed by atoms with E-state index in [2.05, 4.69) is 15.3 Å². The monoisotopic (exact) mass is 370 g/mol. The average molecular weight is 370 g/mol. The molecule has 0 aliphatic carbocycles. The molecule has 2 atom stereocenters. The van der Waals surface area contributed by atoms with Crippen LogP contribution in [-0.4, -0.2) is 46.5 Å². The fourth-order valence-corrected chi connectivity index (χ4v) is 4.01. The number of amides is 1. The summed E-state index contributed by atoms with van der Waals surface area (Å²) in [5, 5.41) is 3.45. The molecule has 1 N–H and O–H groups in total. The lowest BCUT2D eigenvalue weighted by molar-refractivity contribution is -0.131. The largest absolute Gasteiger partial charge is 0.494 e. The van der Waals surface area contributed by atoms with E-state index >= 15 is 0 Å². The lowest BCUT2D eigenvalue weighted by atomic mass is 9.96. The first-order valence-corrected chi connectivity index (χ1v) is 9.31. The summed E-state index contributed by atoms with van der Waals surface area (Å²) in [6, 6.07) is 6.23. The van der Waals surface area contributed by atoms with Crippen LogP contribution in [0.1, 0.15) is 38.1 Å². The molecule has 6 nitrogen and oxygen atoms in total. The van der Waals surface area contributed by atoms with Gasteiger partial charge in [0.1, 0.15) is 22.9 Å². The van der Waals surface area contributed by atoms with Crippen LogP contribution in [0.4, 0.5) is 4.39 Å². The lowest BCUT2D eigenvalue weighted by Gasteiger charge is -2.23. The molecule has 2 saturated heterocycles. The SMILES string of the molecule is CCOc1ccc(F)c(-c2ccnc([C@H]3CC[C@@]4(CCN(C)C4=O)N3)n2)c1. The summed E-state index contributed by atoms with van der Waals surface area (Å²) in [6.45, 7) is 3.15. The number of likely N-dealkylation sites (tertiary alicyclic amines) is 1. The minimum atomic E-state index is -0.501. The Morgan fingerprint density at radius 3 is 2.96 bits per heavy atom. The molecule has 27 heavy (non-hydrogen) atoms. The third kappa shape index (κ3) is 3.16. The third-order valence-electron chi connectivity index (χ3n) is 5.45. The summed E-state index contributed by atoms with van der Waals surface area (Å²) in [5.74, 6) is 0.975. The first kappa shape index (κ1) is 17.9. The fourth-order valence-electron chi connectivity index (χ4n) is 4.01. The molecule has 1 aromatic carbocycles. The molecule has 0 unspecified atom stereocenters. The normalized spacial score (nSPS) is 24.8. The molecule has 0 radical (unpaired) electrons. The van der Waals surface area contributed by atoms with Gasteiger partial charge in [0, 0.05) is 25.4 Å². The number of aromatic nitrogens is 2. The number of nitrogens with one attached hydrogen (secondary N) is 1. The van der Waals surface area contributed by atoms with Crippen LogP contribution in [0.3, 0.4) is 0 Å². The van der Waals surface area contributed by atoms with Crippen LogP contribution in [0.15, 0.2) is 30.5 Å². The van der Waals surface area contributed by atoms with Gasteiger partial charge in [-0.3, -0.25) is 10.1 Å². The van der Waals surface area contributed by atoms with Crippen molar-refractivity contribution >= 4 is 5.91 Å². The molecule has 2 fully saturated rings. The van der Waals surface area contributed by atoms with Gasteiger partial charge in [-0.1, -0.05) is 0 Å². The van der Waals surface area contributed by atoms with E-state index in [9.17, 15) is 9.18 Å². The minimum Gasteiger partial charge on any atom is -0.494 e. The van der Waals surface area contributed by atoms with Crippen molar-refractivity contribution in [3.05, 3.63) is 42.1 Å². The van der Waals surface area contributed by atoms with Crippen LogP contribution in [-0.2, 0) is 4.79 Å². The van der Waals surface area contributed by atoms with E-state index in [1.54, 1.807) is 29.3 Å². The molecule has 142 valence electrons. The van der Waals surface area contributed by atoms with Crippen LogP contribution in [0.2, 0.25) is 0 Å². The van der Waals surface area contributed by atoms with E-state index < -0.39 is 5.54 Å². The van der Waals surface area contributed by atoms with E-state index in [-0.39, 0.29) is 17.8 Å². The first-order valence-electron chi connectivity index (χ1n) is 9.31. The summed E-state index contributed by atoms with van der Waals surface area (Å²) in [6.07, 6.45) is 3.98. The second-order valence-electron chi connectivity index (χ2n) is 7.17. The van der Waals surface area contributed by atoms with Crippen molar-refractivity contribution in [3.8, 4) is 17.0 Å². The Kier molecular flexibility index (Phi) is 4.55. The molecule has 0 saturated carbocycles. The van der Waals surface area contributed by atoms with Gasteiger partial charge in [0.2, 0.25) is 5.91 Å². The fraction of sp³-hybridized carbons (Fsp3) is 0.450. The molecule has 7 heteroatoms. The Labute approximate surface area is 157 Å². The molecule has 2 aromatic rings. The maximum atomic E-state index is 14.4. The van der Waals surface area contributed by atoms with E-state index in [0.717, 1.165) is 25.8 Å². The topological polar surface area (TPSA) is 67.3 Å². The third-order valence-corrected chi connectivity index (χ3v) is 5.45.